The van der Waals surface area contributed by atoms with Gasteiger partial charge in [0.2, 0.25) is 5.91 Å². The molecule has 164 valence electrons. The summed E-state index contributed by atoms with van der Waals surface area (Å²) < 4.78 is 3.13. The summed E-state index contributed by atoms with van der Waals surface area (Å²) in [5.41, 5.74) is 1.10. The van der Waals surface area contributed by atoms with Crippen molar-refractivity contribution < 1.29 is 14.4 Å². The van der Waals surface area contributed by atoms with Crippen LogP contribution in [0.4, 0.5) is 10.5 Å². The molecule has 0 radical (unpaired) electrons. The maximum absolute atomic E-state index is 12.9. The first-order chi connectivity index (χ1) is 15.4. The molecule has 4 rings (SSSR count). The van der Waals surface area contributed by atoms with Crippen LogP contribution in [0.3, 0.4) is 0 Å². The Morgan fingerprint density at radius 1 is 1.09 bits per heavy atom. The van der Waals surface area contributed by atoms with Crippen LogP contribution in [0.25, 0.3) is 11.8 Å². The Kier molecular flexibility index (Phi) is 6.15. The number of nitrogens with one attached hydrogen (secondary N) is 1. The topological polar surface area (TPSA) is 93.4 Å². The average molecular weight is 469 g/mol. The van der Waals surface area contributed by atoms with E-state index < -0.39 is 17.1 Å². The molecule has 10 heteroatoms. The second-order valence-electron chi connectivity index (χ2n) is 7.08. The zero-order chi connectivity index (χ0) is 22.8. The largest absolute Gasteiger partial charge is 0.320 e. The molecule has 3 aromatic rings. The first-order valence-electron chi connectivity index (χ1n) is 9.79. The molecule has 32 heavy (non-hydrogen) atoms. The van der Waals surface area contributed by atoms with E-state index >= 15 is 0 Å². The zero-order valence-electron chi connectivity index (χ0n) is 17.4. The number of rotatable bonds is 6. The molecule has 1 aliphatic heterocycles. The van der Waals surface area contributed by atoms with Crippen molar-refractivity contribution in [3.05, 3.63) is 73.7 Å². The summed E-state index contributed by atoms with van der Waals surface area (Å²) in [6.45, 7) is 1.68. The van der Waals surface area contributed by atoms with Crippen LogP contribution in [0.2, 0.25) is 0 Å². The quantitative estimate of drug-likeness (QED) is 0.558. The number of thioether (sulfide) groups is 1. The van der Waals surface area contributed by atoms with Crippen LogP contribution >= 0.6 is 23.1 Å². The number of imide groups is 1. The molecule has 1 fully saturated rings. The molecule has 1 saturated heterocycles. The molecule has 0 aliphatic carbocycles. The molecule has 0 atom stereocenters. The van der Waals surface area contributed by atoms with Crippen LogP contribution in [-0.4, -0.2) is 37.9 Å². The van der Waals surface area contributed by atoms with Crippen molar-refractivity contribution in [2.45, 2.75) is 13.3 Å². The van der Waals surface area contributed by atoms with Gasteiger partial charge in [0.05, 0.1) is 16.3 Å². The standard InChI is InChI=1S/C22H20N4O4S2/c1-14-19(21(29)26(24(14)2)15-7-4-3-5-8-15)23-18(27)10-11-25-20(28)17(32-22(25)30)13-16-9-6-12-31-16/h3-9,12-13H,10-11H2,1-2H3,(H,23,27)/b17-13-. The molecular formula is C22H20N4O4S2. The Morgan fingerprint density at radius 3 is 2.53 bits per heavy atom. The van der Waals surface area contributed by atoms with E-state index in [1.807, 2.05) is 35.7 Å². The Bertz CT molecular complexity index is 1270. The highest BCUT2D eigenvalue weighted by atomic mass is 32.2. The minimum Gasteiger partial charge on any atom is -0.320 e. The number of anilines is 1. The van der Waals surface area contributed by atoms with Gasteiger partial charge in [-0.25, -0.2) is 4.68 Å². The molecular weight excluding hydrogens is 448 g/mol. The molecule has 0 unspecified atom stereocenters. The number of thiophene rings is 1. The number of hydrogen-bond acceptors (Lipinski definition) is 6. The predicted octanol–water partition coefficient (Wildman–Crippen LogP) is 3.61. The molecule has 2 aromatic heterocycles. The van der Waals surface area contributed by atoms with Gasteiger partial charge in [0.15, 0.2) is 0 Å². The average Bonchev–Trinajstić information content (AvgIpc) is 3.44. The number of hydrogen-bond donors (Lipinski definition) is 1. The Balaban J connectivity index is 1.44. The number of nitrogens with zero attached hydrogens (tertiary/aromatic N) is 3. The van der Waals surface area contributed by atoms with Crippen molar-refractivity contribution in [1.29, 1.82) is 0 Å². The van der Waals surface area contributed by atoms with Gasteiger partial charge in [-0.1, -0.05) is 24.3 Å². The lowest BCUT2D eigenvalue weighted by atomic mass is 10.3. The first kappa shape index (κ1) is 21.8. The van der Waals surface area contributed by atoms with Crippen molar-refractivity contribution in [2.75, 3.05) is 11.9 Å². The summed E-state index contributed by atoms with van der Waals surface area (Å²) in [4.78, 5) is 52.5. The van der Waals surface area contributed by atoms with Crippen LogP contribution in [0, 0.1) is 6.92 Å². The number of amides is 3. The molecule has 3 heterocycles. The lowest BCUT2D eigenvalue weighted by Gasteiger charge is -2.11. The zero-order valence-corrected chi connectivity index (χ0v) is 19.0. The lowest BCUT2D eigenvalue weighted by Crippen LogP contribution is -2.32. The summed E-state index contributed by atoms with van der Waals surface area (Å²) in [7, 11) is 1.74. The van der Waals surface area contributed by atoms with Gasteiger partial charge in [0.1, 0.15) is 5.69 Å². The first-order valence-corrected chi connectivity index (χ1v) is 11.5. The van der Waals surface area contributed by atoms with E-state index in [0.29, 0.717) is 16.3 Å². The van der Waals surface area contributed by atoms with Crippen LogP contribution < -0.4 is 10.9 Å². The Hall–Kier alpha value is -3.37. The lowest BCUT2D eigenvalue weighted by molar-refractivity contribution is -0.123. The normalized spacial score (nSPS) is 15.1. The van der Waals surface area contributed by atoms with Crippen molar-refractivity contribution in [3.63, 3.8) is 0 Å². The van der Waals surface area contributed by atoms with Crippen LogP contribution in [0.15, 0.2) is 57.5 Å². The highest BCUT2D eigenvalue weighted by Gasteiger charge is 2.35. The second kappa shape index (κ2) is 9.01. The fraction of sp³-hybridized carbons (Fsp3) is 0.182. The fourth-order valence-electron chi connectivity index (χ4n) is 3.32. The van der Waals surface area contributed by atoms with E-state index in [0.717, 1.165) is 21.5 Å². The van der Waals surface area contributed by atoms with Crippen LogP contribution in [0.1, 0.15) is 17.0 Å². The van der Waals surface area contributed by atoms with E-state index in [2.05, 4.69) is 5.32 Å². The van der Waals surface area contributed by atoms with E-state index in [1.54, 1.807) is 36.9 Å². The van der Waals surface area contributed by atoms with E-state index in [9.17, 15) is 19.2 Å². The van der Waals surface area contributed by atoms with Crippen molar-refractivity contribution >= 4 is 51.9 Å². The SMILES string of the molecule is Cc1c(NC(=O)CCN2C(=O)S/C(=C\c3cccs3)C2=O)c(=O)n(-c2ccccc2)n1C. The number of para-hydroxylation sites is 1. The van der Waals surface area contributed by atoms with Crippen molar-refractivity contribution in [1.82, 2.24) is 14.3 Å². The van der Waals surface area contributed by atoms with Gasteiger partial charge in [0.25, 0.3) is 16.7 Å². The van der Waals surface area contributed by atoms with Gasteiger partial charge < -0.3 is 5.32 Å². The van der Waals surface area contributed by atoms with Gasteiger partial charge in [0, 0.05) is 24.9 Å². The molecule has 8 nitrogen and oxygen atoms in total. The van der Waals surface area contributed by atoms with Crippen LogP contribution in [0.5, 0.6) is 0 Å². The van der Waals surface area contributed by atoms with E-state index in [1.165, 1.54) is 16.0 Å². The minimum absolute atomic E-state index is 0.0585. The molecule has 0 bridgehead atoms. The highest BCUT2D eigenvalue weighted by Crippen LogP contribution is 2.33. The summed E-state index contributed by atoms with van der Waals surface area (Å²) in [6.07, 6.45) is 1.57. The molecule has 1 N–H and O–H groups in total. The molecule has 0 spiro atoms. The third kappa shape index (κ3) is 4.19. The van der Waals surface area contributed by atoms with Crippen molar-refractivity contribution in [2.24, 2.45) is 7.05 Å². The highest BCUT2D eigenvalue weighted by molar-refractivity contribution is 8.18. The molecule has 1 aliphatic rings. The van der Waals surface area contributed by atoms with Gasteiger partial charge in [-0.2, -0.15) is 0 Å². The number of aromatic nitrogens is 2. The monoisotopic (exact) mass is 468 g/mol. The van der Waals surface area contributed by atoms with Crippen LogP contribution in [-0.2, 0) is 16.6 Å². The Labute approximate surface area is 192 Å². The second-order valence-corrected chi connectivity index (χ2v) is 9.06. The maximum Gasteiger partial charge on any atom is 0.295 e. The third-order valence-electron chi connectivity index (χ3n) is 5.07. The third-order valence-corrected chi connectivity index (χ3v) is 6.80. The number of carbonyl (C=O) groups is 3. The Morgan fingerprint density at radius 2 is 1.84 bits per heavy atom. The number of benzene rings is 1. The smallest absolute Gasteiger partial charge is 0.295 e. The summed E-state index contributed by atoms with van der Waals surface area (Å²) >= 11 is 2.33. The molecule has 1 aromatic carbocycles. The van der Waals surface area contributed by atoms with Gasteiger partial charge >= 0.3 is 0 Å². The van der Waals surface area contributed by atoms with E-state index in [-0.39, 0.29) is 24.2 Å². The number of carbonyl (C=O) groups excluding carboxylic acids is 3. The van der Waals surface area contributed by atoms with E-state index in [4.69, 9.17) is 0 Å². The fourth-order valence-corrected chi connectivity index (χ4v) is 4.91. The summed E-state index contributed by atoms with van der Waals surface area (Å²) in [5.74, 6) is -0.860. The summed E-state index contributed by atoms with van der Waals surface area (Å²) in [6, 6.07) is 12.8. The predicted molar refractivity (Wildman–Crippen MR) is 126 cm³/mol. The van der Waals surface area contributed by atoms with Crippen molar-refractivity contribution in [3.8, 4) is 5.69 Å². The maximum atomic E-state index is 12.9. The molecule has 0 saturated carbocycles. The van der Waals surface area contributed by atoms with Gasteiger partial charge in [-0.05, 0) is 48.3 Å². The van der Waals surface area contributed by atoms with Gasteiger partial charge in [-0.15, -0.1) is 11.3 Å². The van der Waals surface area contributed by atoms with Gasteiger partial charge in [-0.3, -0.25) is 28.8 Å². The minimum atomic E-state index is -0.447. The molecule has 3 amide bonds. The summed E-state index contributed by atoms with van der Waals surface area (Å²) in [5, 5.41) is 4.13.